The SMILES string of the molecule is O=CN1CCN(OP(=O)(OCC(F)(F)C(F)(F)C(F)(F)C(F)F)OCC(F)(F)C(F)(F)C(F)(F)C(F)F)CC1. The van der Waals surface area contributed by atoms with Gasteiger partial charge in [0.15, 0.2) is 0 Å². The van der Waals surface area contributed by atoms with Crippen LogP contribution in [0.5, 0.6) is 0 Å². The lowest BCUT2D eigenvalue weighted by Gasteiger charge is -2.36. The summed E-state index contributed by atoms with van der Waals surface area (Å²) in [6, 6.07) is 0. The van der Waals surface area contributed by atoms with E-state index in [1.165, 1.54) is 0 Å². The fourth-order valence-corrected chi connectivity index (χ4v) is 3.64. The standard InChI is InChI=1S/C15H15F16N2O5P/c16-8(17)12(24,25)14(28,29)10(20,21)5-36-39(35,38-33-3-1-32(7-34)2-4-33)37-6-11(22,23)15(30,31)13(26,27)9(18)19/h7-9H,1-6H2. The zero-order chi connectivity index (χ0) is 30.9. The summed E-state index contributed by atoms with van der Waals surface area (Å²) in [6.45, 7) is -8.87. The Morgan fingerprint density at radius 3 is 1.28 bits per heavy atom. The quantitative estimate of drug-likeness (QED) is 0.140. The summed E-state index contributed by atoms with van der Waals surface area (Å²) in [5.41, 5.74) is 0. The Kier molecular flexibility index (Phi) is 10.7. The van der Waals surface area contributed by atoms with Gasteiger partial charge in [-0.15, -0.1) is 0 Å². The maximum Gasteiger partial charge on any atom is 0.492 e. The van der Waals surface area contributed by atoms with Gasteiger partial charge < -0.3 is 4.90 Å². The molecule has 0 unspecified atom stereocenters. The first-order valence-corrected chi connectivity index (χ1v) is 11.1. The zero-order valence-corrected chi connectivity index (χ0v) is 19.3. The van der Waals surface area contributed by atoms with Crippen molar-refractivity contribution >= 4 is 14.2 Å². The van der Waals surface area contributed by atoms with Crippen LogP contribution in [0, 0.1) is 0 Å². The van der Waals surface area contributed by atoms with Crippen molar-refractivity contribution in [2.75, 3.05) is 39.4 Å². The van der Waals surface area contributed by atoms with Gasteiger partial charge in [0.2, 0.25) is 6.41 Å². The average molecular weight is 638 g/mol. The molecule has 1 rings (SSSR count). The van der Waals surface area contributed by atoms with E-state index in [0.717, 1.165) is 4.90 Å². The highest BCUT2D eigenvalue weighted by molar-refractivity contribution is 7.48. The molecule has 1 aliphatic rings. The lowest BCUT2D eigenvalue weighted by Crippen LogP contribution is -2.59. The largest absolute Gasteiger partial charge is 0.492 e. The van der Waals surface area contributed by atoms with Crippen molar-refractivity contribution in [3.05, 3.63) is 0 Å². The van der Waals surface area contributed by atoms with E-state index in [9.17, 15) is 79.6 Å². The third-order valence-electron chi connectivity index (χ3n) is 4.75. The number of hydrogen-bond donors (Lipinski definition) is 0. The van der Waals surface area contributed by atoms with Crippen molar-refractivity contribution in [2.45, 2.75) is 48.4 Å². The highest BCUT2D eigenvalue weighted by atomic mass is 31.2. The number of amides is 1. The number of phosphoric ester groups is 1. The van der Waals surface area contributed by atoms with Crippen LogP contribution in [0.1, 0.15) is 0 Å². The van der Waals surface area contributed by atoms with Crippen molar-refractivity contribution in [2.24, 2.45) is 0 Å². The van der Waals surface area contributed by atoms with E-state index >= 15 is 0 Å². The highest BCUT2D eigenvalue weighted by Gasteiger charge is 2.77. The van der Waals surface area contributed by atoms with E-state index in [1.54, 1.807) is 0 Å². The van der Waals surface area contributed by atoms with Gasteiger partial charge in [0.1, 0.15) is 13.2 Å². The van der Waals surface area contributed by atoms with Gasteiger partial charge >= 0.3 is 56.2 Å². The van der Waals surface area contributed by atoms with E-state index in [2.05, 4.69) is 13.7 Å². The molecule has 0 N–H and O–H groups in total. The van der Waals surface area contributed by atoms with Gasteiger partial charge in [0, 0.05) is 26.2 Å². The smallest absolute Gasteiger partial charge is 0.343 e. The molecular formula is C15H15F16N2O5P. The molecule has 24 heteroatoms. The van der Waals surface area contributed by atoms with Gasteiger partial charge in [-0.1, -0.05) is 0 Å². The van der Waals surface area contributed by atoms with E-state index in [4.69, 9.17) is 0 Å². The highest BCUT2D eigenvalue weighted by Crippen LogP contribution is 2.57. The van der Waals surface area contributed by atoms with Crippen molar-refractivity contribution in [3.63, 3.8) is 0 Å². The van der Waals surface area contributed by atoms with E-state index < -0.39 is 95.6 Å². The topological polar surface area (TPSA) is 68.3 Å². The number of carbonyl (C=O) groups excluding carboxylic acids is 1. The Hall–Kier alpha value is -1.58. The van der Waals surface area contributed by atoms with Crippen LogP contribution < -0.4 is 0 Å². The van der Waals surface area contributed by atoms with Gasteiger partial charge in [-0.3, -0.25) is 13.8 Å². The van der Waals surface area contributed by atoms with E-state index in [0.29, 0.717) is 0 Å². The fourth-order valence-electron chi connectivity index (χ4n) is 2.38. The zero-order valence-electron chi connectivity index (χ0n) is 18.4. The molecule has 0 bridgehead atoms. The van der Waals surface area contributed by atoms with Crippen molar-refractivity contribution in [3.8, 4) is 0 Å². The Morgan fingerprint density at radius 1 is 0.667 bits per heavy atom. The number of carbonyl (C=O) groups is 1. The third-order valence-corrected chi connectivity index (χ3v) is 6.07. The van der Waals surface area contributed by atoms with Crippen molar-refractivity contribution in [1.29, 1.82) is 0 Å². The molecule has 0 aliphatic carbocycles. The minimum absolute atomic E-state index is 0.210. The summed E-state index contributed by atoms with van der Waals surface area (Å²) < 4.78 is 233. The average Bonchev–Trinajstić information content (AvgIpc) is 2.81. The summed E-state index contributed by atoms with van der Waals surface area (Å²) in [4.78, 5) is 11.6. The number of phosphoric acid groups is 1. The van der Waals surface area contributed by atoms with Crippen LogP contribution in [-0.4, -0.2) is 104 Å². The third kappa shape index (κ3) is 7.20. The van der Waals surface area contributed by atoms with Crippen molar-refractivity contribution in [1.82, 2.24) is 9.96 Å². The molecule has 0 spiro atoms. The molecule has 0 saturated carbocycles. The van der Waals surface area contributed by atoms with E-state index in [-0.39, 0.29) is 11.5 Å². The van der Waals surface area contributed by atoms with Crippen LogP contribution >= 0.6 is 7.82 Å². The number of hydrogen-bond acceptors (Lipinski definition) is 6. The first-order valence-electron chi connectivity index (χ1n) is 9.67. The maximum atomic E-state index is 13.7. The molecule has 1 fully saturated rings. The Morgan fingerprint density at radius 2 is 1.00 bits per heavy atom. The molecular weight excluding hydrogens is 623 g/mol. The summed E-state index contributed by atoms with van der Waals surface area (Å²) in [5, 5.41) is 0.231. The number of alkyl halides is 16. The lowest BCUT2D eigenvalue weighted by atomic mass is 10.1. The van der Waals surface area contributed by atoms with Gasteiger partial charge in [0.05, 0.1) is 0 Å². The predicted molar refractivity (Wildman–Crippen MR) is 91.5 cm³/mol. The molecule has 232 valence electrons. The molecule has 0 aromatic carbocycles. The number of piperazine rings is 1. The number of nitrogens with zero attached hydrogens (tertiary/aromatic N) is 2. The molecule has 0 atom stereocenters. The molecule has 7 nitrogen and oxygen atoms in total. The molecule has 1 aliphatic heterocycles. The predicted octanol–water partition coefficient (Wildman–Crippen LogP) is 5.18. The normalized spacial score (nSPS) is 17.8. The minimum atomic E-state index is -7.01. The van der Waals surface area contributed by atoms with Gasteiger partial charge in [-0.05, 0) is 0 Å². The number of rotatable bonds is 15. The lowest BCUT2D eigenvalue weighted by molar-refractivity contribution is -0.345. The Labute approximate surface area is 206 Å². The second kappa shape index (κ2) is 11.7. The maximum absolute atomic E-state index is 13.7. The molecule has 0 radical (unpaired) electrons. The van der Waals surface area contributed by atoms with Gasteiger partial charge in [-0.25, -0.2) is 22.1 Å². The summed E-state index contributed by atoms with van der Waals surface area (Å²) >= 11 is 0. The molecule has 0 aromatic rings. The van der Waals surface area contributed by atoms with Crippen molar-refractivity contribution < 1.29 is 93.3 Å². The van der Waals surface area contributed by atoms with Crippen LogP contribution in [-0.2, 0) is 23.0 Å². The molecule has 0 aromatic heterocycles. The van der Waals surface area contributed by atoms with Crippen LogP contribution in [0.25, 0.3) is 0 Å². The fraction of sp³-hybridized carbons (Fsp3) is 0.933. The molecule has 1 heterocycles. The monoisotopic (exact) mass is 638 g/mol. The summed E-state index contributed by atoms with van der Waals surface area (Å²) in [5.74, 6) is -40.5. The van der Waals surface area contributed by atoms with E-state index in [1.807, 2.05) is 0 Å². The Bertz CT molecular complexity index is 832. The summed E-state index contributed by atoms with van der Waals surface area (Å²) in [6.07, 6.45) is -10.6. The van der Waals surface area contributed by atoms with Crippen LogP contribution in [0.3, 0.4) is 0 Å². The summed E-state index contributed by atoms with van der Waals surface area (Å²) in [7, 11) is -6.47. The van der Waals surface area contributed by atoms with Gasteiger partial charge in [-0.2, -0.15) is 62.4 Å². The minimum Gasteiger partial charge on any atom is -0.343 e. The molecule has 39 heavy (non-hydrogen) atoms. The molecule has 1 saturated heterocycles. The number of halogens is 16. The molecule has 1 amide bonds. The van der Waals surface area contributed by atoms with Gasteiger partial charge in [0.25, 0.3) is 0 Å². The van der Waals surface area contributed by atoms with Crippen LogP contribution in [0.4, 0.5) is 70.2 Å². The second-order valence-corrected chi connectivity index (χ2v) is 9.13. The Balaban J connectivity index is 3.26. The first-order chi connectivity index (χ1) is 17.3. The van der Waals surface area contributed by atoms with Crippen LogP contribution in [0.15, 0.2) is 0 Å². The van der Waals surface area contributed by atoms with Crippen LogP contribution in [0.2, 0.25) is 0 Å². The number of hydroxylamine groups is 2. The first kappa shape index (κ1) is 35.4. The second-order valence-electron chi connectivity index (χ2n) is 7.55.